The fourth-order valence-corrected chi connectivity index (χ4v) is 5.75. The number of ether oxygens (including phenoxy) is 4. The molecular formula is C39H82N2O4. The minimum absolute atomic E-state index is 0.257. The summed E-state index contributed by atoms with van der Waals surface area (Å²) in [4.78, 5) is 4.44. The highest BCUT2D eigenvalue weighted by Gasteiger charge is 2.32. The van der Waals surface area contributed by atoms with Crippen molar-refractivity contribution in [3.8, 4) is 0 Å². The second kappa shape index (κ2) is 35.1. The molecule has 0 aromatic carbocycles. The number of hydrogen-bond donors (Lipinski definition) is 0. The van der Waals surface area contributed by atoms with Gasteiger partial charge in [-0.15, -0.1) is 0 Å². The molecule has 0 aliphatic rings. The van der Waals surface area contributed by atoms with Crippen molar-refractivity contribution in [1.29, 1.82) is 0 Å². The molecular weight excluding hydrogens is 560 g/mol. The lowest BCUT2D eigenvalue weighted by atomic mass is 9.92. The molecule has 0 fully saturated rings. The third-order valence-corrected chi connectivity index (χ3v) is 8.71. The average molecular weight is 643 g/mol. The predicted octanol–water partition coefficient (Wildman–Crippen LogP) is 9.78. The molecule has 0 aromatic rings. The number of hydrogen-bond acceptors (Lipinski definition) is 6. The van der Waals surface area contributed by atoms with Gasteiger partial charge in [-0.1, -0.05) is 129 Å². The van der Waals surface area contributed by atoms with E-state index in [2.05, 4.69) is 51.8 Å². The zero-order valence-electron chi connectivity index (χ0n) is 31.7. The Labute approximate surface area is 283 Å². The van der Waals surface area contributed by atoms with Gasteiger partial charge in [0.15, 0.2) is 0 Å². The predicted molar refractivity (Wildman–Crippen MR) is 196 cm³/mol. The van der Waals surface area contributed by atoms with Crippen molar-refractivity contribution < 1.29 is 18.9 Å². The van der Waals surface area contributed by atoms with E-state index in [-0.39, 0.29) is 5.41 Å². The van der Waals surface area contributed by atoms with E-state index in [0.717, 1.165) is 65.2 Å². The Balaban J connectivity index is 4.68. The first kappa shape index (κ1) is 44.8. The van der Waals surface area contributed by atoms with Crippen molar-refractivity contribution in [3.05, 3.63) is 0 Å². The average Bonchev–Trinajstić information content (AvgIpc) is 3.01. The van der Waals surface area contributed by atoms with Crippen LogP contribution in [-0.4, -0.2) is 104 Å². The first-order valence-electron chi connectivity index (χ1n) is 19.6. The Bertz CT molecular complexity index is 513. The van der Waals surface area contributed by atoms with Gasteiger partial charge in [0.2, 0.25) is 0 Å². The highest BCUT2D eigenvalue weighted by atomic mass is 16.5. The monoisotopic (exact) mass is 643 g/mol. The fraction of sp³-hybridized carbons (Fsp3) is 1.00. The van der Waals surface area contributed by atoms with E-state index in [1.54, 1.807) is 0 Å². The highest BCUT2D eigenvalue weighted by molar-refractivity contribution is 4.80. The molecule has 0 aliphatic heterocycles. The molecule has 0 saturated carbocycles. The van der Waals surface area contributed by atoms with Crippen LogP contribution >= 0.6 is 0 Å². The summed E-state index contributed by atoms with van der Waals surface area (Å²) in [7, 11) is 8.48. The standard InChI is InChI=1S/C39H82N2O4/c1-7-9-11-13-15-17-19-21-23-25-31-42-35-39(37-44-33-27-29-40(3)4,38-45-34-28-30-41(5)6)36-43-32-26-24-22-20-18-16-14-12-10-8-2/h7-38H2,1-6H3. The zero-order valence-corrected chi connectivity index (χ0v) is 31.7. The van der Waals surface area contributed by atoms with Crippen LogP contribution in [-0.2, 0) is 18.9 Å². The first-order valence-corrected chi connectivity index (χ1v) is 19.6. The Morgan fingerprint density at radius 1 is 0.333 bits per heavy atom. The molecule has 0 rings (SSSR count). The van der Waals surface area contributed by atoms with Gasteiger partial charge in [0.25, 0.3) is 0 Å². The van der Waals surface area contributed by atoms with Crippen LogP contribution in [0.15, 0.2) is 0 Å². The van der Waals surface area contributed by atoms with Crippen LogP contribution in [0.25, 0.3) is 0 Å². The van der Waals surface area contributed by atoms with E-state index in [0.29, 0.717) is 26.4 Å². The molecule has 0 heterocycles. The summed E-state index contributed by atoms with van der Waals surface area (Å²) >= 11 is 0. The molecule has 6 nitrogen and oxygen atoms in total. The summed E-state index contributed by atoms with van der Waals surface area (Å²) in [5, 5.41) is 0. The highest BCUT2D eigenvalue weighted by Crippen LogP contribution is 2.22. The van der Waals surface area contributed by atoms with Gasteiger partial charge in [0, 0.05) is 26.4 Å². The van der Waals surface area contributed by atoms with Crippen LogP contribution in [0.5, 0.6) is 0 Å². The first-order chi connectivity index (χ1) is 22.0. The molecule has 0 unspecified atom stereocenters. The Kier molecular flexibility index (Phi) is 34.9. The third kappa shape index (κ3) is 33.5. The van der Waals surface area contributed by atoms with E-state index in [4.69, 9.17) is 18.9 Å². The van der Waals surface area contributed by atoms with Crippen molar-refractivity contribution in [1.82, 2.24) is 9.80 Å². The second-order valence-electron chi connectivity index (χ2n) is 14.4. The van der Waals surface area contributed by atoms with Crippen molar-refractivity contribution in [2.24, 2.45) is 5.41 Å². The van der Waals surface area contributed by atoms with Crippen molar-refractivity contribution in [2.45, 2.75) is 155 Å². The Morgan fingerprint density at radius 3 is 0.844 bits per heavy atom. The molecule has 0 atom stereocenters. The van der Waals surface area contributed by atoms with Crippen molar-refractivity contribution >= 4 is 0 Å². The fourth-order valence-electron chi connectivity index (χ4n) is 5.75. The molecule has 0 aromatic heterocycles. The quantitative estimate of drug-likeness (QED) is 0.0625. The molecule has 0 N–H and O–H groups in total. The molecule has 0 saturated heterocycles. The van der Waals surface area contributed by atoms with Gasteiger partial charge >= 0.3 is 0 Å². The Hall–Kier alpha value is -0.240. The molecule has 272 valence electrons. The van der Waals surface area contributed by atoms with Gasteiger partial charge in [-0.3, -0.25) is 0 Å². The molecule has 0 spiro atoms. The second-order valence-corrected chi connectivity index (χ2v) is 14.4. The smallest absolute Gasteiger partial charge is 0.0637 e. The molecule has 6 heteroatoms. The minimum Gasteiger partial charge on any atom is -0.381 e. The minimum atomic E-state index is -0.257. The molecule has 45 heavy (non-hydrogen) atoms. The summed E-state index contributed by atoms with van der Waals surface area (Å²) in [6.45, 7) is 12.4. The maximum Gasteiger partial charge on any atom is 0.0637 e. The maximum absolute atomic E-state index is 6.36. The summed E-state index contributed by atoms with van der Waals surface area (Å²) < 4.78 is 25.3. The lowest BCUT2D eigenvalue weighted by Gasteiger charge is -2.33. The van der Waals surface area contributed by atoms with E-state index in [9.17, 15) is 0 Å². The number of nitrogens with zero attached hydrogens (tertiary/aromatic N) is 2. The molecule has 0 aliphatic carbocycles. The van der Waals surface area contributed by atoms with Crippen LogP contribution in [0.1, 0.15) is 155 Å². The summed E-state index contributed by atoms with van der Waals surface area (Å²) in [5.41, 5.74) is -0.257. The van der Waals surface area contributed by atoms with Crippen LogP contribution in [0.4, 0.5) is 0 Å². The normalized spacial score (nSPS) is 12.3. The van der Waals surface area contributed by atoms with Gasteiger partial charge in [0.1, 0.15) is 0 Å². The lowest BCUT2D eigenvalue weighted by Crippen LogP contribution is -2.42. The lowest BCUT2D eigenvalue weighted by molar-refractivity contribution is -0.108. The largest absolute Gasteiger partial charge is 0.381 e. The van der Waals surface area contributed by atoms with Crippen molar-refractivity contribution in [2.75, 3.05) is 94.1 Å². The van der Waals surface area contributed by atoms with E-state index in [1.165, 1.54) is 116 Å². The molecule has 0 amide bonds. The van der Waals surface area contributed by atoms with Gasteiger partial charge in [-0.2, -0.15) is 0 Å². The van der Waals surface area contributed by atoms with Gasteiger partial charge in [-0.25, -0.2) is 0 Å². The van der Waals surface area contributed by atoms with Crippen molar-refractivity contribution in [3.63, 3.8) is 0 Å². The van der Waals surface area contributed by atoms with Gasteiger partial charge < -0.3 is 28.7 Å². The SMILES string of the molecule is CCCCCCCCCCCCOCC(COCCCCCCCCCCCC)(COCCCN(C)C)COCCCN(C)C. The number of rotatable bonds is 38. The summed E-state index contributed by atoms with van der Waals surface area (Å²) in [6, 6.07) is 0. The van der Waals surface area contributed by atoms with E-state index < -0.39 is 0 Å². The van der Waals surface area contributed by atoms with Crippen LogP contribution in [0, 0.1) is 5.41 Å². The maximum atomic E-state index is 6.36. The molecule has 0 bridgehead atoms. The van der Waals surface area contributed by atoms with E-state index >= 15 is 0 Å². The van der Waals surface area contributed by atoms with Crippen LogP contribution in [0.3, 0.4) is 0 Å². The topological polar surface area (TPSA) is 43.4 Å². The van der Waals surface area contributed by atoms with Crippen LogP contribution < -0.4 is 0 Å². The third-order valence-electron chi connectivity index (χ3n) is 8.71. The van der Waals surface area contributed by atoms with Gasteiger partial charge in [0.05, 0.1) is 31.8 Å². The Morgan fingerprint density at radius 2 is 0.578 bits per heavy atom. The molecule has 0 radical (unpaired) electrons. The van der Waals surface area contributed by atoms with Gasteiger partial charge in [-0.05, 0) is 67.0 Å². The van der Waals surface area contributed by atoms with E-state index in [1.807, 2.05) is 0 Å². The van der Waals surface area contributed by atoms with Crippen LogP contribution in [0.2, 0.25) is 0 Å². The summed E-state index contributed by atoms with van der Waals surface area (Å²) in [5.74, 6) is 0. The summed E-state index contributed by atoms with van der Waals surface area (Å²) in [6.07, 6.45) is 28.9. The zero-order chi connectivity index (χ0) is 33.1. The number of unbranched alkanes of at least 4 members (excludes halogenated alkanes) is 18.